The molecule has 140 valence electrons. The van der Waals surface area contributed by atoms with Gasteiger partial charge in [0.1, 0.15) is 11.3 Å². The van der Waals surface area contributed by atoms with E-state index in [0.717, 1.165) is 0 Å². The summed E-state index contributed by atoms with van der Waals surface area (Å²) in [5, 5.41) is 9.15. The average molecular weight is 372 g/mol. The van der Waals surface area contributed by atoms with Crippen LogP contribution in [0.3, 0.4) is 0 Å². The quantitative estimate of drug-likeness (QED) is 0.809. The third-order valence-corrected chi connectivity index (χ3v) is 6.55. The second-order valence-electron chi connectivity index (χ2n) is 6.05. The highest BCUT2D eigenvalue weighted by molar-refractivity contribution is 7.89. The van der Waals surface area contributed by atoms with Crippen molar-refractivity contribution in [3.63, 3.8) is 0 Å². The molecule has 0 atom stereocenters. The van der Waals surface area contributed by atoms with Crippen LogP contribution in [0, 0.1) is 0 Å². The lowest BCUT2D eigenvalue weighted by Gasteiger charge is -2.35. The van der Waals surface area contributed by atoms with E-state index in [1.54, 1.807) is 25.8 Å². The van der Waals surface area contributed by atoms with E-state index in [9.17, 15) is 18.0 Å². The molecule has 0 unspecified atom stereocenters. The van der Waals surface area contributed by atoms with Crippen molar-refractivity contribution in [2.24, 2.45) is 0 Å². The number of aryl methyl sites for hydroxylation is 1. The molecule has 0 bridgehead atoms. The van der Waals surface area contributed by atoms with Crippen molar-refractivity contribution in [2.45, 2.75) is 39.2 Å². The number of piperidine rings is 1. The number of carbonyl (C=O) groups excluding carboxylic acids is 1. The number of hydrogen-bond acceptors (Lipinski definition) is 5. The number of furan rings is 1. The van der Waals surface area contributed by atoms with Gasteiger partial charge in [-0.1, -0.05) is 6.92 Å². The van der Waals surface area contributed by atoms with Crippen LogP contribution >= 0.6 is 0 Å². The van der Waals surface area contributed by atoms with Crippen LogP contribution in [-0.2, 0) is 16.4 Å². The summed E-state index contributed by atoms with van der Waals surface area (Å²) in [6.45, 7) is 4.16. The van der Waals surface area contributed by atoms with Gasteiger partial charge in [-0.3, -0.25) is 4.79 Å². The maximum atomic E-state index is 12.5. The summed E-state index contributed by atoms with van der Waals surface area (Å²) in [4.78, 5) is 25.3. The lowest BCUT2D eigenvalue weighted by molar-refractivity contribution is 0.0650. The molecule has 0 aliphatic carbocycles. The van der Waals surface area contributed by atoms with Crippen LogP contribution in [0.15, 0.2) is 10.5 Å². The summed E-state index contributed by atoms with van der Waals surface area (Å²) >= 11 is 0. The van der Waals surface area contributed by atoms with Crippen molar-refractivity contribution in [3.8, 4) is 0 Å². The topological polar surface area (TPSA) is 108 Å². The van der Waals surface area contributed by atoms with Crippen LogP contribution in [0.1, 0.15) is 53.4 Å². The molecule has 25 heavy (non-hydrogen) atoms. The third-order valence-electron chi connectivity index (χ3n) is 4.64. The molecule has 1 aromatic rings. The Balaban J connectivity index is 2.06. The van der Waals surface area contributed by atoms with Crippen molar-refractivity contribution in [1.29, 1.82) is 0 Å². The second-order valence-corrected chi connectivity index (χ2v) is 8.36. The second kappa shape index (κ2) is 7.57. The fraction of sp³-hybridized carbons (Fsp3) is 0.625. The van der Waals surface area contributed by atoms with Crippen molar-refractivity contribution >= 4 is 21.9 Å². The maximum Gasteiger partial charge on any atom is 0.339 e. The largest absolute Gasteiger partial charge is 0.478 e. The number of nitrogens with zero attached hydrogens (tertiary/aromatic N) is 2. The molecule has 0 aromatic carbocycles. The first-order valence-corrected chi connectivity index (χ1v) is 9.93. The lowest BCUT2D eigenvalue weighted by atomic mass is 10.1. The normalized spacial score (nSPS) is 16.4. The van der Waals surface area contributed by atoms with Gasteiger partial charge in [0.15, 0.2) is 5.76 Å². The molecule has 1 N–H and O–H groups in total. The first kappa shape index (κ1) is 19.5. The molecule has 0 spiro atoms. The number of amides is 1. The van der Waals surface area contributed by atoms with Gasteiger partial charge in [0, 0.05) is 38.7 Å². The molecule has 0 radical (unpaired) electrons. The molecule has 2 rings (SSSR count). The molecule has 2 heterocycles. The van der Waals surface area contributed by atoms with Gasteiger partial charge in [-0.25, -0.2) is 17.5 Å². The van der Waals surface area contributed by atoms with Crippen LogP contribution in [0.2, 0.25) is 0 Å². The number of aromatic carboxylic acids is 1. The Labute approximate surface area is 147 Å². The highest BCUT2D eigenvalue weighted by atomic mass is 32.2. The van der Waals surface area contributed by atoms with E-state index in [1.807, 2.05) is 0 Å². The molecule has 8 nitrogen and oxygen atoms in total. The van der Waals surface area contributed by atoms with E-state index >= 15 is 0 Å². The number of likely N-dealkylation sites (tertiary alicyclic amines) is 1. The van der Waals surface area contributed by atoms with Gasteiger partial charge in [0.05, 0.1) is 5.75 Å². The van der Waals surface area contributed by atoms with Crippen LogP contribution in [0.25, 0.3) is 0 Å². The molecule has 1 aromatic heterocycles. The Morgan fingerprint density at radius 1 is 1.32 bits per heavy atom. The van der Waals surface area contributed by atoms with Crippen molar-refractivity contribution < 1.29 is 27.5 Å². The van der Waals surface area contributed by atoms with E-state index in [-0.39, 0.29) is 34.8 Å². The maximum absolute atomic E-state index is 12.5. The molecule has 1 saturated heterocycles. The number of rotatable bonds is 6. The first-order valence-electron chi connectivity index (χ1n) is 8.32. The van der Waals surface area contributed by atoms with Crippen molar-refractivity contribution in [3.05, 3.63) is 23.2 Å². The Morgan fingerprint density at radius 3 is 2.36 bits per heavy atom. The molecule has 0 saturated carbocycles. The van der Waals surface area contributed by atoms with E-state index in [2.05, 4.69) is 0 Å². The molecular weight excluding hydrogens is 348 g/mol. The van der Waals surface area contributed by atoms with Crippen LogP contribution in [0.5, 0.6) is 0 Å². The van der Waals surface area contributed by atoms with Crippen LogP contribution in [0.4, 0.5) is 0 Å². The van der Waals surface area contributed by atoms with Gasteiger partial charge in [-0.15, -0.1) is 0 Å². The van der Waals surface area contributed by atoms with Gasteiger partial charge in [-0.2, -0.15) is 0 Å². The highest BCUT2D eigenvalue weighted by Crippen LogP contribution is 2.22. The smallest absolute Gasteiger partial charge is 0.339 e. The molecule has 9 heteroatoms. The number of carboxylic acids is 1. The number of sulfonamides is 1. The molecule has 1 amide bonds. The van der Waals surface area contributed by atoms with E-state index < -0.39 is 16.0 Å². The minimum Gasteiger partial charge on any atom is -0.478 e. The molecule has 1 aliphatic rings. The average Bonchev–Trinajstić information content (AvgIpc) is 3.05. The van der Waals surface area contributed by atoms with E-state index in [4.69, 9.17) is 9.52 Å². The summed E-state index contributed by atoms with van der Waals surface area (Å²) < 4.78 is 30.7. The molecule has 1 aliphatic heterocycles. The van der Waals surface area contributed by atoms with Crippen LogP contribution in [-0.4, -0.2) is 66.5 Å². The van der Waals surface area contributed by atoms with Crippen molar-refractivity contribution in [1.82, 2.24) is 9.21 Å². The Bertz CT molecular complexity index is 747. The summed E-state index contributed by atoms with van der Waals surface area (Å²) in [5.74, 6) is -1.14. The SMILES string of the molecule is CCc1oc(C(=O)N2CCC(N(C)S(=O)(=O)CC)CC2)cc1C(=O)O. The fourth-order valence-electron chi connectivity index (χ4n) is 3.00. The third kappa shape index (κ3) is 4.04. The fourth-order valence-corrected chi connectivity index (χ4v) is 4.07. The van der Waals surface area contributed by atoms with Gasteiger partial charge in [0.25, 0.3) is 5.91 Å². The predicted molar refractivity (Wildman–Crippen MR) is 91.2 cm³/mol. The van der Waals surface area contributed by atoms with Crippen LogP contribution < -0.4 is 0 Å². The van der Waals surface area contributed by atoms with Gasteiger partial charge >= 0.3 is 5.97 Å². The number of carbonyl (C=O) groups is 2. The van der Waals surface area contributed by atoms with E-state index in [1.165, 1.54) is 10.4 Å². The van der Waals surface area contributed by atoms with Gasteiger partial charge in [-0.05, 0) is 19.8 Å². The lowest BCUT2D eigenvalue weighted by Crippen LogP contribution is -2.47. The Kier molecular flexibility index (Phi) is 5.89. The number of hydrogen-bond donors (Lipinski definition) is 1. The van der Waals surface area contributed by atoms with Crippen molar-refractivity contribution in [2.75, 3.05) is 25.9 Å². The zero-order valence-corrected chi connectivity index (χ0v) is 15.5. The summed E-state index contributed by atoms with van der Waals surface area (Å²) in [6.07, 6.45) is 1.46. The number of carboxylic acid groups (broad SMARTS) is 1. The minimum atomic E-state index is -3.26. The van der Waals surface area contributed by atoms with E-state index in [0.29, 0.717) is 32.4 Å². The minimum absolute atomic E-state index is 0.00880. The Hall–Kier alpha value is -1.87. The first-order chi connectivity index (χ1) is 11.7. The predicted octanol–water partition coefficient (Wildman–Crippen LogP) is 1.43. The summed E-state index contributed by atoms with van der Waals surface area (Å²) in [5.41, 5.74) is 0.00880. The molecule has 1 fully saturated rings. The zero-order valence-electron chi connectivity index (χ0n) is 14.7. The zero-order chi connectivity index (χ0) is 18.8. The Morgan fingerprint density at radius 2 is 1.92 bits per heavy atom. The van der Waals surface area contributed by atoms with Gasteiger partial charge in [0.2, 0.25) is 10.0 Å². The van der Waals surface area contributed by atoms with Gasteiger partial charge < -0.3 is 14.4 Å². The highest BCUT2D eigenvalue weighted by Gasteiger charge is 2.32. The summed E-state index contributed by atoms with van der Waals surface area (Å²) in [6, 6.07) is 1.13. The summed E-state index contributed by atoms with van der Waals surface area (Å²) in [7, 11) is -1.69. The monoisotopic (exact) mass is 372 g/mol. The standard InChI is InChI=1S/C16H24N2O6S/c1-4-13-12(16(20)21)10-14(24-13)15(19)18-8-6-11(7-9-18)17(3)25(22,23)5-2/h10-11H,4-9H2,1-3H3,(H,20,21). The molecular formula is C16H24N2O6S.